The monoisotopic (exact) mass is 325 g/mol. The summed E-state index contributed by atoms with van der Waals surface area (Å²) in [5, 5.41) is 0. The van der Waals surface area contributed by atoms with Crippen molar-refractivity contribution < 1.29 is 22.7 Å². The number of amides is 1. The summed E-state index contributed by atoms with van der Waals surface area (Å²) in [7, 11) is 2.55. The van der Waals surface area contributed by atoms with E-state index in [0.29, 0.717) is 0 Å². The van der Waals surface area contributed by atoms with Crippen LogP contribution in [0.15, 0.2) is 42.7 Å². The van der Waals surface area contributed by atoms with E-state index >= 15 is 0 Å². The minimum atomic E-state index is -4.59. The molecule has 1 amide bonds. The van der Waals surface area contributed by atoms with Crippen molar-refractivity contribution in [2.45, 2.75) is 12.3 Å². The van der Waals surface area contributed by atoms with Crippen LogP contribution in [-0.4, -0.2) is 30.0 Å². The third-order valence-electron chi connectivity index (χ3n) is 3.19. The van der Waals surface area contributed by atoms with Crippen molar-refractivity contribution in [2.24, 2.45) is 0 Å². The van der Waals surface area contributed by atoms with Crippen LogP contribution in [0.25, 0.3) is 0 Å². The Morgan fingerprint density at radius 1 is 1.17 bits per heavy atom. The number of halogens is 3. The number of hydrogen-bond donors (Lipinski definition) is 0. The first-order valence-electron chi connectivity index (χ1n) is 6.59. The first-order valence-corrected chi connectivity index (χ1v) is 6.59. The number of hydrogen-bond acceptors (Lipinski definition) is 4. The fourth-order valence-electron chi connectivity index (χ4n) is 2.08. The second-order valence-electron chi connectivity index (χ2n) is 4.65. The first kappa shape index (κ1) is 16.9. The average Bonchev–Trinajstić information content (AvgIpc) is 2.55. The van der Waals surface area contributed by atoms with Gasteiger partial charge >= 0.3 is 6.18 Å². The van der Waals surface area contributed by atoms with E-state index in [4.69, 9.17) is 4.74 Å². The lowest BCUT2D eigenvalue weighted by Gasteiger charge is -2.23. The lowest BCUT2D eigenvalue weighted by atomic mass is 10.0. The van der Waals surface area contributed by atoms with Gasteiger partial charge in [-0.1, -0.05) is 18.2 Å². The van der Waals surface area contributed by atoms with Crippen molar-refractivity contribution in [2.75, 3.05) is 19.1 Å². The zero-order chi connectivity index (χ0) is 17.0. The third kappa shape index (κ3) is 3.65. The zero-order valence-corrected chi connectivity index (χ0v) is 12.4. The fraction of sp³-hybridized carbons (Fsp3) is 0.267. The molecule has 23 heavy (non-hydrogen) atoms. The highest BCUT2D eigenvalue weighted by Gasteiger charge is 2.37. The predicted molar refractivity (Wildman–Crippen MR) is 76.6 cm³/mol. The van der Waals surface area contributed by atoms with Crippen LogP contribution < -0.4 is 4.90 Å². The number of carbonyl (C=O) groups excluding carboxylic acids is 1. The highest BCUT2D eigenvalue weighted by atomic mass is 19.4. The Labute approximate surface area is 130 Å². The van der Waals surface area contributed by atoms with Gasteiger partial charge in [0.15, 0.2) is 6.10 Å². The van der Waals surface area contributed by atoms with E-state index in [1.807, 2.05) is 0 Å². The van der Waals surface area contributed by atoms with E-state index in [-0.39, 0.29) is 11.5 Å². The quantitative estimate of drug-likeness (QED) is 0.867. The van der Waals surface area contributed by atoms with Crippen LogP contribution in [0.1, 0.15) is 17.2 Å². The standard InChI is InChI=1S/C15H14F3N3O2/c1-21(14-19-8-5-9-20-14)13(22)12(23-2)10-6-3-4-7-11(10)15(16,17)18/h3-9,12H,1-2H3. The maximum Gasteiger partial charge on any atom is 0.416 e. The van der Waals surface area contributed by atoms with E-state index in [9.17, 15) is 18.0 Å². The van der Waals surface area contributed by atoms with Crippen LogP contribution in [-0.2, 0) is 15.7 Å². The van der Waals surface area contributed by atoms with Crippen LogP contribution in [0, 0.1) is 0 Å². The molecule has 0 fully saturated rings. The number of alkyl halides is 3. The first-order chi connectivity index (χ1) is 10.9. The van der Waals surface area contributed by atoms with Gasteiger partial charge in [-0.3, -0.25) is 9.69 Å². The molecular formula is C15H14F3N3O2. The molecule has 122 valence electrons. The van der Waals surface area contributed by atoms with Gasteiger partial charge in [-0.15, -0.1) is 0 Å². The van der Waals surface area contributed by atoms with Crippen LogP contribution in [0.2, 0.25) is 0 Å². The van der Waals surface area contributed by atoms with Gasteiger partial charge in [-0.2, -0.15) is 13.2 Å². The molecule has 0 spiro atoms. The number of likely N-dealkylation sites (N-methyl/N-ethyl adjacent to an activating group) is 1. The molecule has 0 N–H and O–H groups in total. The van der Waals surface area contributed by atoms with E-state index in [1.54, 1.807) is 6.07 Å². The van der Waals surface area contributed by atoms with E-state index < -0.39 is 23.8 Å². The highest BCUT2D eigenvalue weighted by molar-refractivity contribution is 5.95. The van der Waals surface area contributed by atoms with Gasteiger partial charge in [0.2, 0.25) is 5.95 Å². The molecule has 1 heterocycles. The minimum Gasteiger partial charge on any atom is -0.367 e. The molecule has 0 saturated heterocycles. The van der Waals surface area contributed by atoms with Crippen LogP contribution >= 0.6 is 0 Å². The van der Waals surface area contributed by atoms with E-state index in [2.05, 4.69) is 9.97 Å². The van der Waals surface area contributed by atoms with Crippen LogP contribution in [0.4, 0.5) is 19.1 Å². The largest absolute Gasteiger partial charge is 0.416 e. The smallest absolute Gasteiger partial charge is 0.367 e. The lowest BCUT2D eigenvalue weighted by molar-refractivity contribution is -0.140. The molecule has 0 radical (unpaired) electrons. The van der Waals surface area contributed by atoms with Gasteiger partial charge in [0, 0.05) is 32.1 Å². The van der Waals surface area contributed by atoms with Crippen molar-refractivity contribution in [3.05, 3.63) is 53.9 Å². The second-order valence-corrected chi connectivity index (χ2v) is 4.65. The molecule has 2 aromatic rings. The molecule has 1 atom stereocenters. The molecule has 1 aromatic heterocycles. The number of methoxy groups -OCH3 is 1. The summed E-state index contributed by atoms with van der Waals surface area (Å²) < 4.78 is 44.4. The Hall–Kier alpha value is -2.48. The van der Waals surface area contributed by atoms with Crippen molar-refractivity contribution in [3.63, 3.8) is 0 Å². The number of carbonyl (C=O) groups is 1. The Kier molecular flexibility index (Phi) is 4.95. The van der Waals surface area contributed by atoms with Gasteiger partial charge in [0.1, 0.15) is 0 Å². The van der Waals surface area contributed by atoms with E-state index in [0.717, 1.165) is 11.0 Å². The molecule has 2 rings (SSSR count). The average molecular weight is 325 g/mol. The number of nitrogens with zero attached hydrogens (tertiary/aromatic N) is 3. The van der Waals surface area contributed by atoms with Crippen LogP contribution in [0.5, 0.6) is 0 Å². The van der Waals surface area contributed by atoms with Gasteiger partial charge in [-0.25, -0.2) is 9.97 Å². The Morgan fingerprint density at radius 2 is 1.78 bits per heavy atom. The number of rotatable bonds is 4. The molecule has 8 heteroatoms. The van der Waals surface area contributed by atoms with Crippen molar-refractivity contribution in [1.82, 2.24) is 9.97 Å². The molecule has 1 unspecified atom stereocenters. The SMILES string of the molecule is COC(C(=O)N(C)c1ncccn1)c1ccccc1C(F)(F)F. The minimum absolute atomic E-state index is 0.0732. The topological polar surface area (TPSA) is 55.3 Å². The molecule has 0 aliphatic heterocycles. The Balaban J connectivity index is 2.39. The summed E-state index contributed by atoms with van der Waals surface area (Å²) in [6, 6.07) is 6.37. The summed E-state index contributed by atoms with van der Waals surface area (Å²) in [5.74, 6) is -0.626. The molecule has 0 bridgehead atoms. The Bertz CT molecular complexity index is 677. The van der Waals surface area contributed by atoms with Gasteiger partial charge < -0.3 is 4.74 Å². The number of ether oxygens (including phenoxy) is 1. The van der Waals surface area contributed by atoms with Crippen LogP contribution in [0.3, 0.4) is 0 Å². The molecule has 1 aromatic carbocycles. The highest BCUT2D eigenvalue weighted by Crippen LogP contribution is 2.36. The molecule has 0 saturated carbocycles. The summed E-state index contributed by atoms with van der Waals surface area (Å²) in [5.41, 5.74) is -1.17. The van der Waals surface area contributed by atoms with E-state index in [1.165, 1.54) is 44.8 Å². The normalized spacial score (nSPS) is 12.7. The van der Waals surface area contributed by atoms with Gasteiger partial charge in [0.25, 0.3) is 5.91 Å². The molecule has 0 aliphatic rings. The summed E-state index contributed by atoms with van der Waals surface area (Å²) in [4.78, 5) is 21.4. The molecular weight excluding hydrogens is 311 g/mol. The number of benzene rings is 1. The predicted octanol–water partition coefficient (Wildman–Crippen LogP) is 2.85. The van der Waals surface area contributed by atoms with Gasteiger partial charge in [-0.05, 0) is 12.1 Å². The lowest BCUT2D eigenvalue weighted by Crippen LogP contribution is -2.34. The molecule has 0 aliphatic carbocycles. The van der Waals surface area contributed by atoms with Crippen molar-refractivity contribution in [1.29, 1.82) is 0 Å². The summed E-state index contributed by atoms with van der Waals surface area (Å²) in [6.45, 7) is 0. The van der Waals surface area contributed by atoms with Crippen molar-refractivity contribution >= 4 is 11.9 Å². The summed E-state index contributed by atoms with van der Waals surface area (Å²) >= 11 is 0. The zero-order valence-electron chi connectivity index (χ0n) is 12.4. The maximum absolute atomic E-state index is 13.1. The third-order valence-corrected chi connectivity index (χ3v) is 3.19. The Morgan fingerprint density at radius 3 is 2.35 bits per heavy atom. The maximum atomic E-state index is 13.1. The number of anilines is 1. The van der Waals surface area contributed by atoms with Crippen molar-refractivity contribution in [3.8, 4) is 0 Å². The fourth-order valence-corrected chi connectivity index (χ4v) is 2.08. The number of aromatic nitrogens is 2. The second kappa shape index (κ2) is 6.74. The summed E-state index contributed by atoms with van der Waals surface area (Å²) in [6.07, 6.45) is -3.15. The van der Waals surface area contributed by atoms with Gasteiger partial charge in [0.05, 0.1) is 5.56 Å². The molecule has 5 nitrogen and oxygen atoms in total.